The molecular weight excluding hydrogens is 254 g/mol. The van der Waals surface area contributed by atoms with Crippen molar-refractivity contribution >= 4 is 22.6 Å². The highest BCUT2D eigenvalue weighted by Crippen LogP contribution is 2.21. The van der Waals surface area contributed by atoms with E-state index in [4.69, 9.17) is 5.11 Å². The Morgan fingerprint density at radius 1 is 1.05 bits per heavy atom. The fraction of sp³-hybridized carbons (Fsp3) is 0.250. The van der Waals surface area contributed by atoms with Crippen molar-refractivity contribution < 1.29 is 14.7 Å². The maximum atomic E-state index is 12.0. The van der Waals surface area contributed by atoms with Gasteiger partial charge >= 0.3 is 5.97 Å². The second-order valence-electron chi connectivity index (χ2n) is 4.90. The van der Waals surface area contributed by atoms with Gasteiger partial charge in [0.25, 0.3) is 0 Å². The quantitative estimate of drug-likeness (QED) is 0.898. The van der Waals surface area contributed by atoms with Crippen LogP contribution in [0.4, 0.5) is 0 Å². The van der Waals surface area contributed by atoms with Crippen LogP contribution in [0.15, 0.2) is 42.5 Å². The zero-order valence-electron chi connectivity index (χ0n) is 11.5. The number of fused-ring (bicyclic) bond motifs is 1. The molecule has 104 valence electrons. The highest BCUT2D eigenvalue weighted by Gasteiger charge is 2.20. The topological polar surface area (TPSA) is 66.4 Å². The molecule has 0 heterocycles. The third-order valence-corrected chi connectivity index (χ3v) is 3.40. The van der Waals surface area contributed by atoms with Gasteiger partial charge in [-0.2, -0.15) is 0 Å². The second-order valence-corrected chi connectivity index (χ2v) is 4.90. The molecule has 0 aliphatic carbocycles. The van der Waals surface area contributed by atoms with Crippen LogP contribution in [0.2, 0.25) is 0 Å². The van der Waals surface area contributed by atoms with Crippen LogP contribution < -0.4 is 5.32 Å². The summed E-state index contributed by atoms with van der Waals surface area (Å²) in [5.41, 5.74) is 0.874. The van der Waals surface area contributed by atoms with E-state index in [1.807, 2.05) is 42.5 Å². The lowest BCUT2D eigenvalue weighted by Gasteiger charge is -2.15. The monoisotopic (exact) mass is 271 g/mol. The van der Waals surface area contributed by atoms with E-state index in [0.29, 0.717) is 0 Å². The predicted molar refractivity (Wildman–Crippen MR) is 77.6 cm³/mol. The number of carbonyl (C=O) groups excluding carboxylic acids is 1. The van der Waals surface area contributed by atoms with Gasteiger partial charge < -0.3 is 10.4 Å². The van der Waals surface area contributed by atoms with Gasteiger partial charge in [0.05, 0.1) is 5.92 Å². The van der Waals surface area contributed by atoms with Crippen LogP contribution in [-0.4, -0.2) is 23.0 Å². The van der Waals surface area contributed by atoms with Crippen molar-refractivity contribution in [1.82, 2.24) is 5.32 Å². The molecule has 4 heteroatoms. The van der Waals surface area contributed by atoms with Crippen molar-refractivity contribution in [2.45, 2.75) is 25.8 Å². The number of carboxylic acids is 1. The predicted octanol–water partition coefficient (Wildman–Crippen LogP) is 2.53. The molecule has 0 fully saturated rings. The number of carbonyl (C=O) groups is 2. The molecule has 2 aromatic carbocycles. The molecule has 2 atom stereocenters. The molecule has 0 spiro atoms. The summed E-state index contributed by atoms with van der Waals surface area (Å²) in [7, 11) is 0. The lowest BCUT2D eigenvalue weighted by Crippen LogP contribution is -2.40. The fourth-order valence-corrected chi connectivity index (χ4v) is 2.03. The Bertz CT molecular complexity index is 651. The van der Waals surface area contributed by atoms with Crippen LogP contribution in [0.3, 0.4) is 0 Å². The molecule has 1 unspecified atom stereocenters. The Hall–Kier alpha value is -2.36. The minimum Gasteiger partial charge on any atom is -0.480 e. The molecule has 0 radical (unpaired) electrons. The minimum atomic E-state index is -1.04. The number of hydrogen-bond donors (Lipinski definition) is 2. The molecule has 2 aromatic rings. The molecule has 4 nitrogen and oxygen atoms in total. The van der Waals surface area contributed by atoms with Gasteiger partial charge in [-0.1, -0.05) is 42.5 Å². The van der Waals surface area contributed by atoms with Crippen LogP contribution >= 0.6 is 0 Å². The summed E-state index contributed by atoms with van der Waals surface area (Å²) in [5, 5.41) is 13.5. The largest absolute Gasteiger partial charge is 0.480 e. The number of hydrogen-bond acceptors (Lipinski definition) is 2. The highest BCUT2D eigenvalue weighted by molar-refractivity contribution is 5.89. The normalized spacial score (nSPS) is 13.7. The average molecular weight is 271 g/mol. The Morgan fingerprint density at radius 3 is 2.35 bits per heavy atom. The van der Waals surface area contributed by atoms with Gasteiger partial charge in [-0.25, -0.2) is 0 Å². The number of rotatable bonds is 4. The van der Waals surface area contributed by atoms with Crippen molar-refractivity contribution in [2.75, 3.05) is 0 Å². The number of benzene rings is 2. The lowest BCUT2D eigenvalue weighted by atomic mass is 9.97. The second kappa shape index (κ2) is 5.74. The summed E-state index contributed by atoms with van der Waals surface area (Å²) in [6, 6.07) is 12.9. The van der Waals surface area contributed by atoms with E-state index in [2.05, 4.69) is 5.32 Å². The number of nitrogens with one attached hydrogen (secondary N) is 1. The van der Waals surface area contributed by atoms with Gasteiger partial charge in [0.1, 0.15) is 6.04 Å². The van der Waals surface area contributed by atoms with E-state index in [1.165, 1.54) is 6.92 Å². The van der Waals surface area contributed by atoms with Crippen LogP contribution in [0.5, 0.6) is 0 Å². The first kappa shape index (κ1) is 14.1. The van der Waals surface area contributed by atoms with Crippen LogP contribution in [0.25, 0.3) is 10.8 Å². The van der Waals surface area contributed by atoms with Crippen molar-refractivity contribution in [3.63, 3.8) is 0 Å². The molecule has 0 aliphatic heterocycles. The Labute approximate surface area is 117 Å². The van der Waals surface area contributed by atoms with Crippen LogP contribution in [-0.2, 0) is 9.59 Å². The summed E-state index contributed by atoms with van der Waals surface area (Å²) in [6.07, 6.45) is 0. The van der Waals surface area contributed by atoms with Gasteiger partial charge in [-0.15, -0.1) is 0 Å². The van der Waals surface area contributed by atoms with E-state index in [9.17, 15) is 9.59 Å². The van der Waals surface area contributed by atoms with Crippen LogP contribution in [0, 0.1) is 0 Å². The zero-order valence-corrected chi connectivity index (χ0v) is 11.5. The molecule has 2 rings (SSSR count). The van der Waals surface area contributed by atoms with Gasteiger partial charge in [-0.3, -0.25) is 9.59 Å². The van der Waals surface area contributed by atoms with Crippen molar-refractivity contribution in [3.8, 4) is 0 Å². The van der Waals surface area contributed by atoms with E-state index in [0.717, 1.165) is 16.3 Å². The molecule has 0 saturated carbocycles. The van der Waals surface area contributed by atoms with Crippen molar-refractivity contribution in [3.05, 3.63) is 48.0 Å². The summed E-state index contributed by atoms with van der Waals surface area (Å²) in [6.45, 7) is 3.22. The van der Waals surface area contributed by atoms with Crippen molar-refractivity contribution in [2.24, 2.45) is 0 Å². The van der Waals surface area contributed by atoms with E-state index >= 15 is 0 Å². The summed E-state index contributed by atoms with van der Waals surface area (Å²) in [4.78, 5) is 22.8. The van der Waals surface area contributed by atoms with Crippen LogP contribution in [0.1, 0.15) is 25.3 Å². The third-order valence-electron chi connectivity index (χ3n) is 3.40. The Morgan fingerprint density at radius 2 is 1.70 bits per heavy atom. The lowest BCUT2D eigenvalue weighted by molar-refractivity contribution is -0.141. The number of carboxylic acid groups (broad SMARTS) is 1. The van der Waals surface area contributed by atoms with Crippen molar-refractivity contribution in [1.29, 1.82) is 0 Å². The molecule has 2 N–H and O–H groups in total. The van der Waals surface area contributed by atoms with Gasteiger partial charge in [0, 0.05) is 0 Å². The molecule has 1 amide bonds. The average Bonchev–Trinajstić information content (AvgIpc) is 2.45. The molecule has 0 aliphatic rings. The first-order valence-corrected chi connectivity index (χ1v) is 6.51. The maximum absolute atomic E-state index is 12.0. The Kier molecular flexibility index (Phi) is 4.03. The molecule has 0 aromatic heterocycles. The SMILES string of the molecule is CC(C(=O)N[C@H](C)C(=O)O)c1ccc2ccccc2c1. The van der Waals surface area contributed by atoms with E-state index in [-0.39, 0.29) is 11.8 Å². The molecular formula is C16H17NO3. The summed E-state index contributed by atoms with van der Waals surface area (Å²) < 4.78 is 0. The first-order valence-electron chi connectivity index (χ1n) is 6.51. The van der Waals surface area contributed by atoms with Gasteiger partial charge in [-0.05, 0) is 30.2 Å². The number of amides is 1. The summed E-state index contributed by atoms with van der Waals surface area (Å²) in [5.74, 6) is -1.71. The van der Waals surface area contributed by atoms with E-state index in [1.54, 1.807) is 6.92 Å². The standard InChI is InChI=1S/C16H17NO3/c1-10(15(18)17-11(2)16(19)20)13-8-7-12-5-3-4-6-14(12)9-13/h3-11H,1-2H3,(H,17,18)(H,19,20)/t10?,11-/m1/s1. The molecule has 0 saturated heterocycles. The summed E-state index contributed by atoms with van der Waals surface area (Å²) >= 11 is 0. The van der Waals surface area contributed by atoms with E-state index < -0.39 is 12.0 Å². The minimum absolute atomic E-state index is 0.282. The fourth-order valence-electron chi connectivity index (χ4n) is 2.03. The third kappa shape index (κ3) is 2.96. The van der Waals surface area contributed by atoms with Gasteiger partial charge in [0.15, 0.2) is 0 Å². The molecule has 20 heavy (non-hydrogen) atoms. The Balaban J connectivity index is 2.20. The molecule has 0 bridgehead atoms. The maximum Gasteiger partial charge on any atom is 0.325 e. The van der Waals surface area contributed by atoms with Gasteiger partial charge in [0.2, 0.25) is 5.91 Å². The number of aliphatic carboxylic acids is 1. The smallest absolute Gasteiger partial charge is 0.325 e. The highest BCUT2D eigenvalue weighted by atomic mass is 16.4. The first-order chi connectivity index (χ1) is 9.49. The zero-order chi connectivity index (χ0) is 14.7.